The molecule has 0 radical (unpaired) electrons. The van der Waals surface area contributed by atoms with Crippen LogP contribution in [0.2, 0.25) is 0 Å². The summed E-state index contributed by atoms with van der Waals surface area (Å²) in [6.45, 7) is 5.52. The highest BCUT2D eigenvalue weighted by Gasteiger charge is 2.48. The summed E-state index contributed by atoms with van der Waals surface area (Å²) in [6, 6.07) is 29.7. The Kier molecular flexibility index (Phi) is 12.1. The lowest BCUT2D eigenvalue weighted by atomic mass is 10.1. The molecule has 0 aliphatic carbocycles. The summed E-state index contributed by atoms with van der Waals surface area (Å²) < 4.78 is 39.3. The van der Waals surface area contributed by atoms with Crippen LogP contribution < -0.4 is 10.1 Å². The van der Waals surface area contributed by atoms with Crippen LogP contribution in [0.25, 0.3) is 11.2 Å². The SMILES string of the molecule is COCCO[C@@H]1[C@H](OCc2ccccc2)[C@@H](COCc2ccccc2)O[C@H]1n1cnc2c(OCc3ccccc3)nc(NC(=O)C(C)C)nc21. The summed E-state index contributed by atoms with van der Waals surface area (Å²) in [5.41, 5.74) is 3.83. The van der Waals surface area contributed by atoms with Crippen LogP contribution in [0.5, 0.6) is 5.88 Å². The van der Waals surface area contributed by atoms with Gasteiger partial charge in [-0.15, -0.1) is 0 Å². The Bertz CT molecular complexity index is 1790. The van der Waals surface area contributed by atoms with Crippen molar-refractivity contribution >= 4 is 23.0 Å². The van der Waals surface area contributed by atoms with Crippen molar-refractivity contribution in [1.29, 1.82) is 0 Å². The first-order valence-corrected chi connectivity index (χ1v) is 16.8. The lowest BCUT2D eigenvalue weighted by Gasteiger charge is -2.25. The zero-order valence-electron chi connectivity index (χ0n) is 28.5. The van der Waals surface area contributed by atoms with Gasteiger partial charge in [-0.05, 0) is 16.7 Å². The molecule has 0 saturated carbocycles. The molecular weight excluding hydrogens is 638 g/mol. The van der Waals surface area contributed by atoms with Crippen molar-refractivity contribution in [2.24, 2.45) is 5.92 Å². The molecule has 12 heteroatoms. The summed E-state index contributed by atoms with van der Waals surface area (Å²) in [5, 5.41) is 2.82. The highest BCUT2D eigenvalue weighted by molar-refractivity contribution is 5.91. The van der Waals surface area contributed by atoms with E-state index in [0.717, 1.165) is 16.7 Å². The van der Waals surface area contributed by atoms with Crippen LogP contribution in [-0.2, 0) is 48.3 Å². The third kappa shape index (κ3) is 8.89. The normalized spacial score (nSPS) is 18.9. The second kappa shape index (κ2) is 17.3. The van der Waals surface area contributed by atoms with Gasteiger partial charge in [0.25, 0.3) is 0 Å². The van der Waals surface area contributed by atoms with E-state index in [2.05, 4.69) is 15.3 Å². The molecule has 5 aromatic rings. The van der Waals surface area contributed by atoms with E-state index in [1.807, 2.05) is 91.0 Å². The minimum absolute atomic E-state index is 0.0930. The Morgan fingerprint density at radius 1 is 0.820 bits per heavy atom. The number of nitrogens with one attached hydrogen (secondary N) is 1. The van der Waals surface area contributed by atoms with E-state index in [0.29, 0.717) is 37.6 Å². The van der Waals surface area contributed by atoms with Gasteiger partial charge < -0.3 is 28.4 Å². The molecule has 6 rings (SSSR count). The van der Waals surface area contributed by atoms with E-state index in [-0.39, 0.29) is 36.9 Å². The molecule has 12 nitrogen and oxygen atoms in total. The van der Waals surface area contributed by atoms with Crippen molar-refractivity contribution in [3.8, 4) is 5.88 Å². The molecule has 1 N–H and O–H groups in total. The lowest BCUT2D eigenvalue weighted by Crippen LogP contribution is -2.39. The number of amides is 1. The van der Waals surface area contributed by atoms with Crippen LogP contribution in [-0.4, -0.2) is 70.7 Å². The van der Waals surface area contributed by atoms with Gasteiger partial charge in [0.2, 0.25) is 17.7 Å². The maximum atomic E-state index is 12.8. The number of aromatic nitrogens is 4. The summed E-state index contributed by atoms with van der Waals surface area (Å²) in [7, 11) is 1.62. The van der Waals surface area contributed by atoms with Crippen LogP contribution in [0.15, 0.2) is 97.3 Å². The largest absolute Gasteiger partial charge is 0.471 e. The van der Waals surface area contributed by atoms with Gasteiger partial charge >= 0.3 is 0 Å². The number of methoxy groups -OCH3 is 1. The standard InChI is InChI=1S/C38H43N5O7/c1-26(2)35(44)41-38-40-34-31(36(42-38)49-23-29-17-11-6-12-18-29)39-25-43(34)37-33(47-20-19-45-3)32(48-22-28-15-9-5-10-16-28)30(50-37)24-46-21-27-13-7-4-8-14-27/h4-18,25-26,30,32-33,37H,19-24H2,1-3H3,(H,40,41,42,44)/t30-,32-,33-,37-/m1/s1. The van der Waals surface area contributed by atoms with E-state index < -0.39 is 24.5 Å². The summed E-state index contributed by atoms with van der Waals surface area (Å²) >= 11 is 0. The lowest BCUT2D eigenvalue weighted by molar-refractivity contribution is -0.118. The Morgan fingerprint density at radius 3 is 2.10 bits per heavy atom. The average Bonchev–Trinajstić information content (AvgIpc) is 3.72. The second-order valence-corrected chi connectivity index (χ2v) is 12.2. The van der Waals surface area contributed by atoms with E-state index in [9.17, 15) is 4.79 Å². The van der Waals surface area contributed by atoms with Crippen LogP contribution >= 0.6 is 0 Å². The van der Waals surface area contributed by atoms with Gasteiger partial charge in [-0.25, -0.2) is 4.98 Å². The molecule has 262 valence electrons. The number of carbonyl (C=O) groups excluding carboxylic acids is 1. The summed E-state index contributed by atoms with van der Waals surface area (Å²) in [6.07, 6.45) is -0.738. The number of anilines is 1. The molecule has 2 aromatic heterocycles. The second-order valence-electron chi connectivity index (χ2n) is 12.2. The number of rotatable bonds is 17. The first-order valence-electron chi connectivity index (χ1n) is 16.8. The molecule has 3 aromatic carbocycles. The molecule has 3 heterocycles. The quantitative estimate of drug-likeness (QED) is 0.122. The van der Waals surface area contributed by atoms with Crippen molar-refractivity contribution in [2.75, 3.05) is 32.2 Å². The minimum Gasteiger partial charge on any atom is -0.471 e. The van der Waals surface area contributed by atoms with E-state index in [1.165, 1.54) is 0 Å². The Balaban J connectivity index is 1.34. The topological polar surface area (TPSA) is 128 Å². The fourth-order valence-electron chi connectivity index (χ4n) is 5.56. The van der Waals surface area contributed by atoms with Crippen molar-refractivity contribution in [1.82, 2.24) is 19.5 Å². The molecule has 1 aliphatic rings. The molecule has 4 atom stereocenters. The van der Waals surface area contributed by atoms with Gasteiger partial charge in [0.1, 0.15) is 24.9 Å². The fraction of sp³-hybridized carbons (Fsp3) is 0.368. The smallest absolute Gasteiger partial charge is 0.247 e. The number of fused-ring (bicyclic) bond motifs is 1. The molecule has 0 unspecified atom stereocenters. The van der Waals surface area contributed by atoms with Gasteiger partial charge in [-0.1, -0.05) is 105 Å². The number of ether oxygens (including phenoxy) is 6. The maximum Gasteiger partial charge on any atom is 0.247 e. The highest BCUT2D eigenvalue weighted by Crippen LogP contribution is 2.37. The zero-order valence-corrected chi connectivity index (χ0v) is 28.5. The Labute approximate surface area is 291 Å². The molecular formula is C38H43N5O7. The van der Waals surface area contributed by atoms with Gasteiger partial charge in [0.15, 0.2) is 17.4 Å². The van der Waals surface area contributed by atoms with Gasteiger partial charge in [-0.2, -0.15) is 9.97 Å². The molecule has 0 bridgehead atoms. The average molecular weight is 682 g/mol. The van der Waals surface area contributed by atoms with Crippen LogP contribution in [0.1, 0.15) is 36.8 Å². The number of benzene rings is 3. The first kappa shape index (κ1) is 35.1. The van der Waals surface area contributed by atoms with Crippen LogP contribution in [0, 0.1) is 5.92 Å². The van der Waals surface area contributed by atoms with Crippen LogP contribution in [0.4, 0.5) is 5.95 Å². The zero-order chi connectivity index (χ0) is 34.7. The van der Waals surface area contributed by atoms with E-state index in [1.54, 1.807) is 31.9 Å². The third-order valence-electron chi connectivity index (χ3n) is 8.20. The third-order valence-corrected chi connectivity index (χ3v) is 8.20. The number of carbonyl (C=O) groups is 1. The predicted molar refractivity (Wildman–Crippen MR) is 186 cm³/mol. The molecule has 0 spiro atoms. The number of imidazole rings is 1. The summed E-state index contributed by atoms with van der Waals surface area (Å²) in [4.78, 5) is 26.7. The van der Waals surface area contributed by atoms with Crippen molar-refractivity contribution in [3.05, 3.63) is 114 Å². The van der Waals surface area contributed by atoms with E-state index in [4.69, 9.17) is 33.4 Å². The minimum atomic E-state index is -0.728. The molecule has 50 heavy (non-hydrogen) atoms. The molecule has 1 fully saturated rings. The van der Waals surface area contributed by atoms with E-state index >= 15 is 0 Å². The summed E-state index contributed by atoms with van der Waals surface area (Å²) in [5.74, 6) is -0.197. The van der Waals surface area contributed by atoms with Gasteiger partial charge in [0, 0.05) is 13.0 Å². The van der Waals surface area contributed by atoms with Crippen LogP contribution in [0.3, 0.4) is 0 Å². The predicted octanol–water partition coefficient (Wildman–Crippen LogP) is 5.73. The van der Waals surface area contributed by atoms with Gasteiger partial charge in [0.05, 0.1) is 39.4 Å². The molecule has 1 amide bonds. The van der Waals surface area contributed by atoms with Crippen molar-refractivity contribution in [3.63, 3.8) is 0 Å². The maximum absolute atomic E-state index is 12.8. The number of hydrogen-bond donors (Lipinski definition) is 1. The highest BCUT2D eigenvalue weighted by atomic mass is 16.6. The first-order chi connectivity index (χ1) is 24.5. The molecule has 1 aliphatic heterocycles. The monoisotopic (exact) mass is 681 g/mol. The van der Waals surface area contributed by atoms with Crippen molar-refractivity contribution in [2.45, 2.75) is 58.2 Å². The fourth-order valence-corrected chi connectivity index (χ4v) is 5.56. The molecule has 1 saturated heterocycles. The Hall–Kier alpha value is -4.72. The van der Waals surface area contributed by atoms with Crippen molar-refractivity contribution < 1.29 is 33.2 Å². The van der Waals surface area contributed by atoms with Gasteiger partial charge in [-0.3, -0.25) is 14.7 Å². The number of nitrogens with zero attached hydrogens (tertiary/aromatic N) is 4. The Morgan fingerprint density at radius 2 is 1.46 bits per heavy atom. The number of hydrogen-bond acceptors (Lipinski definition) is 10.